The molecule has 0 bridgehead atoms. The molecule has 141 heavy (non-hydrogen) atoms. The van der Waals surface area contributed by atoms with Crippen LogP contribution >= 0.6 is 15.9 Å². The van der Waals surface area contributed by atoms with Crippen LogP contribution < -0.4 is 14.2 Å². The smallest absolute Gasteiger partial charge is 0.341 e. The molecule has 24 atom stereocenters. The SMILES string of the molecule is C=C1CCC2[C@]3(C)CO[C@@H](C4CCCC4)O[C@@H]3CC[C@@]2(C)[C@@H]1CCBr.C=C1CCC2[C@]3(C)CO[C@@H](C4CCCC4)O[C@@H]3CC[C@@]2(C)[C@@H]1CCOc1ccccc1C(=O)O.C=C1CCC2[C@]3(C)CO[C@@H](C4CCCC4)O[C@@H]3CC[C@@]2(C)[C@@H]1CCOc1ccccc1C(=O)O.C=C1CCC2[C@]3(C)CO[C@@H](C4CCCC4)O[C@@H]3CC[C@@]2(C)[C@@H]1CCOc1ccccc1C(=O)OCC.CCOC(=O)c1ccccc1O. The minimum atomic E-state index is -0.954. The third kappa shape index (κ3) is 22.3. The van der Waals surface area contributed by atoms with Gasteiger partial charge in [-0.1, -0.05) is 220 Å². The summed E-state index contributed by atoms with van der Waals surface area (Å²) in [6.45, 7) is 46.6. The molecule has 12 aliphatic carbocycles. The predicted octanol–water partition coefficient (Wildman–Crippen LogP) is 27.6. The summed E-state index contributed by atoms with van der Waals surface area (Å²) < 4.78 is 80.6. The van der Waals surface area contributed by atoms with Crippen molar-refractivity contribution in [1.29, 1.82) is 0 Å². The second-order valence-electron chi connectivity index (χ2n) is 47.3. The summed E-state index contributed by atoms with van der Waals surface area (Å²) in [6.07, 6.45) is 43.8. The maximum atomic E-state index is 12.4. The van der Waals surface area contributed by atoms with Crippen LogP contribution in [0.25, 0.3) is 0 Å². The average Bonchev–Trinajstić information content (AvgIpc) is 1.16. The molecule has 0 radical (unpaired) electrons. The Kier molecular flexibility index (Phi) is 35.0. The molecule has 4 heterocycles. The van der Waals surface area contributed by atoms with E-state index in [-0.39, 0.29) is 110 Å². The highest BCUT2D eigenvalue weighted by Crippen LogP contribution is 2.69. The number of aromatic carboxylic acids is 2. The van der Waals surface area contributed by atoms with Gasteiger partial charge in [-0.05, 0) is 311 Å². The van der Waals surface area contributed by atoms with Crippen LogP contribution in [0.4, 0.5) is 0 Å². The number of alkyl halides is 1. The Morgan fingerprint density at radius 3 is 0.858 bits per heavy atom. The molecule has 20 rings (SSSR count). The molecule has 4 aromatic rings. The van der Waals surface area contributed by atoms with Crippen molar-refractivity contribution < 1.29 is 96.1 Å². The largest absolute Gasteiger partial charge is 0.507 e. The van der Waals surface area contributed by atoms with Crippen molar-refractivity contribution in [2.75, 3.05) is 64.8 Å². The van der Waals surface area contributed by atoms with Crippen molar-refractivity contribution in [3.8, 4) is 23.0 Å². The van der Waals surface area contributed by atoms with Crippen LogP contribution in [-0.2, 0) is 47.4 Å². The normalized spacial score (nSPS) is 37.2. The summed E-state index contributed by atoms with van der Waals surface area (Å²) in [4.78, 5) is 46.5. The lowest BCUT2D eigenvalue weighted by Gasteiger charge is -2.63. The molecule has 21 heteroatoms. The van der Waals surface area contributed by atoms with E-state index in [0.29, 0.717) is 138 Å². The van der Waals surface area contributed by atoms with Gasteiger partial charge in [0.25, 0.3) is 0 Å². The van der Waals surface area contributed by atoms with Gasteiger partial charge >= 0.3 is 23.9 Å². The number of para-hydroxylation sites is 4. The van der Waals surface area contributed by atoms with Crippen molar-refractivity contribution in [1.82, 2.24) is 0 Å². The van der Waals surface area contributed by atoms with Gasteiger partial charge in [-0.25, -0.2) is 19.2 Å². The number of carboxylic acid groups (broad SMARTS) is 2. The topological polar surface area (TPSA) is 249 Å². The van der Waals surface area contributed by atoms with Crippen LogP contribution in [0.15, 0.2) is 146 Å². The van der Waals surface area contributed by atoms with E-state index in [0.717, 1.165) is 128 Å². The van der Waals surface area contributed by atoms with Crippen molar-refractivity contribution >= 4 is 39.8 Å². The number of hydrogen-bond donors (Lipinski definition) is 3. The van der Waals surface area contributed by atoms with Crippen LogP contribution in [0.2, 0.25) is 0 Å². The molecule has 3 N–H and O–H groups in total. The maximum Gasteiger partial charge on any atom is 0.341 e. The lowest BCUT2D eigenvalue weighted by atomic mass is 9.46. The Balaban J connectivity index is 0.000000131. The number of allylic oxidation sites excluding steroid dienone is 4. The zero-order valence-corrected chi connectivity index (χ0v) is 88.4. The number of phenols is 1. The van der Waals surface area contributed by atoms with Gasteiger partial charge in [0.1, 0.15) is 45.3 Å². The van der Waals surface area contributed by atoms with Crippen molar-refractivity contribution in [2.24, 2.45) is 114 Å². The number of halogens is 1. The van der Waals surface area contributed by atoms with Crippen LogP contribution in [-0.4, -0.2) is 154 Å². The first kappa shape index (κ1) is 107. The molecule has 0 spiro atoms. The molecule has 12 saturated carbocycles. The Morgan fingerprint density at radius 1 is 0.340 bits per heavy atom. The fourth-order valence-corrected chi connectivity index (χ4v) is 32.2. The van der Waals surface area contributed by atoms with Gasteiger partial charge in [0.2, 0.25) is 0 Å². The van der Waals surface area contributed by atoms with E-state index in [9.17, 15) is 34.5 Å². The molecule has 4 aliphatic heterocycles. The van der Waals surface area contributed by atoms with Gasteiger partial charge in [-0.3, -0.25) is 0 Å². The number of carbonyl (C=O) groups excluding carboxylic acids is 2. The Bertz CT molecular complexity index is 4800. The second kappa shape index (κ2) is 46.2. The molecule has 0 aromatic heterocycles. The fourth-order valence-electron chi connectivity index (χ4n) is 31.8. The molecular weight excluding hydrogens is 1840 g/mol. The monoisotopic (exact) mass is 2010 g/mol. The zero-order chi connectivity index (χ0) is 99.8. The van der Waals surface area contributed by atoms with E-state index >= 15 is 0 Å². The standard InChI is InChI=1S/C31H44O5.2C29H40O5.C22H35BrO2.C9H10O3/c1-5-33-28(32)23-12-8-9-13-25(23)34-19-17-24-21(2)14-15-26-30(24,3)18-16-27-31(26,4)20-35-29(36-27)22-10-6-7-11-22;2*1-19-12-13-24-28(2,22(19)15-17-32-23-11-7-6-10-21(23)26(30)31)16-14-25-29(24,3)18-33-27(34-25)20-8-4-5-9-20;1-15-8-9-18-21(2,17(15)11-13-23)12-10-19-22(18,3)14-24-20(25-19)16-6-4-5-7-16;1-2-12-9(11)7-5-3-4-6-8(7)10/h8-9,12-13,22,24,26-27,29H,2,5-7,10-11,14-20H2,1,3-4H3;2*6-7,10-11,20,22,24-25,27H,1,4-5,8-9,12-18H2,2-3H3,(H,30,31);16-20H,1,4-14H2,2-3H3;3-6,10H,2H2,1H3/t24-,26?,27-,29-,30+,31+;2*22-,24?,25-,27-,28+,29+;17-,18?,19-,20-,21+,22+;/m1111./s1. The second-order valence-corrected chi connectivity index (χ2v) is 48.0. The lowest BCUT2D eigenvalue weighted by molar-refractivity contribution is -0.316. The van der Waals surface area contributed by atoms with E-state index in [4.69, 9.17) is 61.6 Å². The van der Waals surface area contributed by atoms with Gasteiger partial charge < -0.3 is 76.9 Å². The zero-order valence-electron chi connectivity index (χ0n) is 86.8. The van der Waals surface area contributed by atoms with Gasteiger partial charge in [-0.2, -0.15) is 0 Å². The Hall–Kier alpha value is -6.92. The van der Waals surface area contributed by atoms with Gasteiger partial charge in [0.15, 0.2) is 25.2 Å². The number of fused-ring (bicyclic) bond motifs is 12. The maximum absolute atomic E-state index is 12.4. The van der Waals surface area contributed by atoms with E-state index in [1.54, 1.807) is 61.5 Å². The van der Waals surface area contributed by atoms with Gasteiger partial charge in [0.05, 0.1) is 83.9 Å². The first-order chi connectivity index (χ1) is 67.8. The van der Waals surface area contributed by atoms with Crippen molar-refractivity contribution in [2.45, 2.75) is 350 Å². The van der Waals surface area contributed by atoms with Crippen molar-refractivity contribution in [3.63, 3.8) is 0 Å². The molecular formula is C120H169BrO20. The summed E-state index contributed by atoms with van der Waals surface area (Å²) in [5.74, 6) is 5.09. The number of esters is 2. The number of aromatic hydroxyl groups is 1. The van der Waals surface area contributed by atoms with Gasteiger partial charge in [0, 0.05) is 50.7 Å². The minimum absolute atomic E-state index is 0.00264. The highest BCUT2D eigenvalue weighted by atomic mass is 79.9. The number of carboxylic acids is 2. The molecule has 20 nitrogen and oxygen atoms in total. The van der Waals surface area contributed by atoms with Gasteiger partial charge in [-0.15, -0.1) is 0 Å². The van der Waals surface area contributed by atoms with Crippen molar-refractivity contribution in [3.05, 3.63) is 168 Å². The molecule has 776 valence electrons. The summed E-state index contributed by atoms with van der Waals surface area (Å²) >= 11 is 3.69. The molecule has 16 aliphatic rings. The van der Waals surface area contributed by atoms with Crippen LogP contribution in [0.5, 0.6) is 23.0 Å². The number of ether oxygens (including phenoxy) is 13. The number of hydrogen-bond acceptors (Lipinski definition) is 18. The van der Waals surface area contributed by atoms with E-state index < -0.39 is 17.9 Å². The highest BCUT2D eigenvalue weighted by Gasteiger charge is 2.66. The number of phenolic OH excluding ortho intramolecular Hbond substituents is 1. The predicted molar refractivity (Wildman–Crippen MR) is 552 cm³/mol. The summed E-state index contributed by atoms with van der Waals surface area (Å²) in [5, 5.41) is 29.2. The third-order valence-electron chi connectivity index (χ3n) is 39.2. The molecule has 4 unspecified atom stereocenters. The minimum Gasteiger partial charge on any atom is -0.507 e. The lowest BCUT2D eigenvalue weighted by Crippen LogP contribution is -2.62. The van der Waals surface area contributed by atoms with E-state index in [1.165, 1.54) is 169 Å². The summed E-state index contributed by atoms with van der Waals surface area (Å²) in [7, 11) is 0. The van der Waals surface area contributed by atoms with Crippen LogP contribution in [0.3, 0.4) is 0 Å². The molecule has 4 aromatic carbocycles. The molecule has 4 saturated heterocycles. The summed E-state index contributed by atoms with van der Waals surface area (Å²) in [6, 6.07) is 27.5. The Labute approximate surface area is 850 Å². The highest BCUT2D eigenvalue weighted by molar-refractivity contribution is 9.09. The first-order valence-corrected chi connectivity index (χ1v) is 56.0. The van der Waals surface area contributed by atoms with E-state index in [1.807, 2.05) is 37.3 Å². The van der Waals surface area contributed by atoms with Crippen LogP contribution in [0, 0.1) is 114 Å². The molecule has 16 fully saturated rings. The quantitative estimate of drug-likeness (QED) is 0.0335. The molecule has 0 amide bonds. The first-order valence-electron chi connectivity index (χ1n) is 54.9. The van der Waals surface area contributed by atoms with E-state index in [2.05, 4.69) is 97.6 Å². The number of benzene rings is 4. The average molecular weight is 2010 g/mol. The fraction of sp³-hybridized carbons (Fsp3) is 0.700. The Morgan fingerprint density at radius 2 is 0.589 bits per heavy atom. The number of rotatable bonds is 24. The van der Waals surface area contributed by atoms with Crippen LogP contribution in [0.1, 0.15) is 342 Å². The third-order valence-corrected chi connectivity index (χ3v) is 39.7. The summed E-state index contributed by atoms with van der Waals surface area (Å²) in [5.41, 5.74) is 7.64. The number of carbonyl (C=O) groups is 4.